The Bertz CT molecular complexity index is 1210. The number of aromatic amines is 1. The highest BCUT2D eigenvalue weighted by Gasteiger charge is 2.30. The van der Waals surface area contributed by atoms with Gasteiger partial charge in [0.2, 0.25) is 5.95 Å². The quantitative estimate of drug-likeness (QED) is 0.433. The zero-order valence-corrected chi connectivity index (χ0v) is 22.3. The zero-order valence-electron chi connectivity index (χ0n) is 20.8. The molecule has 0 amide bonds. The largest absolute Gasteiger partial charge is 0.390 e. The molecule has 37 heavy (non-hydrogen) atoms. The topological polar surface area (TPSA) is 102 Å². The maximum Gasteiger partial charge on any atom is 0.227 e. The van der Waals surface area contributed by atoms with Gasteiger partial charge in [0.1, 0.15) is 11.3 Å². The number of anilines is 3. The second kappa shape index (κ2) is 11.2. The Morgan fingerprint density at radius 1 is 1.19 bits per heavy atom. The predicted molar refractivity (Wildman–Crippen MR) is 144 cm³/mol. The summed E-state index contributed by atoms with van der Waals surface area (Å²) >= 11 is 12.5. The highest BCUT2D eigenvalue weighted by molar-refractivity contribution is 6.34. The van der Waals surface area contributed by atoms with Gasteiger partial charge in [0.05, 0.1) is 53.0 Å². The molecule has 3 aliphatic rings. The van der Waals surface area contributed by atoms with Crippen molar-refractivity contribution in [2.45, 2.75) is 50.4 Å². The third kappa shape index (κ3) is 6.43. The molecule has 3 N–H and O–H groups in total. The van der Waals surface area contributed by atoms with Crippen molar-refractivity contribution in [3.8, 4) is 0 Å². The number of ether oxygens (including phenoxy) is 1. The third-order valence-corrected chi connectivity index (χ3v) is 7.79. The summed E-state index contributed by atoms with van der Waals surface area (Å²) in [7, 11) is 0. The molecule has 0 bridgehead atoms. The lowest BCUT2D eigenvalue weighted by molar-refractivity contribution is -0.0780. The number of hydrogen-bond donors (Lipinski definition) is 3. The van der Waals surface area contributed by atoms with Gasteiger partial charge in [-0.3, -0.25) is 10.00 Å². The van der Waals surface area contributed by atoms with Crippen molar-refractivity contribution in [3.63, 3.8) is 0 Å². The molecule has 0 radical (unpaired) electrons. The number of benzene rings is 1. The molecule has 6 rings (SSSR count). The fourth-order valence-electron chi connectivity index (χ4n) is 4.77. The molecule has 3 aliphatic heterocycles. The van der Waals surface area contributed by atoms with Crippen LogP contribution < -0.4 is 10.2 Å². The summed E-state index contributed by atoms with van der Waals surface area (Å²) in [5.74, 6) is 0.427. The molecule has 3 fully saturated rings. The summed E-state index contributed by atoms with van der Waals surface area (Å²) in [4.78, 5) is 13.3. The van der Waals surface area contributed by atoms with Crippen molar-refractivity contribution in [2.24, 2.45) is 0 Å². The second-order valence-corrected chi connectivity index (χ2v) is 11.0. The Hall–Kier alpha value is -2.24. The number of hydrogen-bond acceptors (Lipinski definition) is 8. The lowest BCUT2D eigenvalue weighted by Crippen LogP contribution is -2.52. The molecule has 0 aliphatic carbocycles. The zero-order chi connectivity index (χ0) is 26.0. The van der Waals surface area contributed by atoms with Crippen LogP contribution in [0.5, 0.6) is 0 Å². The summed E-state index contributed by atoms with van der Waals surface area (Å²) in [6, 6.07) is 4.35. The van der Waals surface area contributed by atoms with Gasteiger partial charge in [-0.15, -0.1) is 0 Å². The van der Waals surface area contributed by atoms with E-state index in [2.05, 4.69) is 35.3 Å². The van der Waals surface area contributed by atoms with Crippen LogP contribution in [-0.4, -0.2) is 87.4 Å². The van der Waals surface area contributed by atoms with Crippen molar-refractivity contribution in [2.75, 3.05) is 49.6 Å². The fraction of sp³-hybridized carbons (Fsp3) is 0.560. The number of H-pyrrole nitrogens is 1. The molecule has 0 spiro atoms. The number of nitrogens with one attached hydrogen (secondary N) is 2. The molecule has 9 nitrogen and oxygen atoms in total. The first-order valence-corrected chi connectivity index (χ1v) is 13.4. The van der Waals surface area contributed by atoms with Gasteiger partial charge < -0.3 is 20.1 Å². The Kier molecular flexibility index (Phi) is 8.02. The third-order valence-electron chi connectivity index (χ3n) is 7.20. The minimum atomic E-state index is -0.608. The van der Waals surface area contributed by atoms with Crippen molar-refractivity contribution in [1.82, 2.24) is 25.1 Å². The van der Waals surface area contributed by atoms with Crippen LogP contribution in [0, 0.1) is 0 Å². The summed E-state index contributed by atoms with van der Waals surface area (Å²) in [6.07, 6.45) is 5.87. The Labute approximate surface area is 225 Å². The Morgan fingerprint density at radius 2 is 1.97 bits per heavy atom. The van der Waals surface area contributed by atoms with Crippen molar-refractivity contribution in [3.05, 3.63) is 34.7 Å². The van der Waals surface area contributed by atoms with E-state index >= 15 is 0 Å². The molecule has 1 atom stereocenters. The number of likely N-dealkylation sites (tertiary alicyclic amines) is 1. The van der Waals surface area contributed by atoms with Crippen LogP contribution >= 0.6 is 23.2 Å². The lowest BCUT2D eigenvalue weighted by atomic mass is 9.93. The van der Waals surface area contributed by atoms with E-state index in [1.54, 1.807) is 12.4 Å². The normalized spacial score (nSPS) is 22.3. The Balaban J connectivity index is 0.000000212. The van der Waals surface area contributed by atoms with Gasteiger partial charge in [0.25, 0.3) is 0 Å². The van der Waals surface area contributed by atoms with Crippen LogP contribution in [0.2, 0.25) is 10.2 Å². The molecule has 200 valence electrons. The number of nitrogens with zero attached hydrogens (tertiary/aromatic N) is 5. The maximum absolute atomic E-state index is 12.9. The molecule has 3 aromatic rings. The molecule has 2 aromatic heterocycles. The number of piperidine rings is 2. The number of alkyl halides is 1. The Morgan fingerprint density at radius 3 is 2.62 bits per heavy atom. The van der Waals surface area contributed by atoms with Gasteiger partial charge in [-0.05, 0) is 51.3 Å². The number of fused-ring (bicyclic) bond motifs is 1. The molecule has 0 saturated carbocycles. The standard InChI is InChI=1S/C17H18Cl2N6O.C8H14FNO/c1-17(26)2-4-25(5-3-17)14-7-12-10(6-11(14)18)8-20-16(22-12)23-13-9-21-24-15(13)19;9-7-2-1-3-10(4-7)8-5-11-6-8/h6-9,26H,2-5H2,1H3,(H,21,24)(H,20,22,23);7-8H,1-6H2. The second-order valence-electron chi connectivity index (χ2n) is 10.2. The minimum absolute atomic E-state index is 0.394. The highest BCUT2D eigenvalue weighted by atomic mass is 35.5. The summed E-state index contributed by atoms with van der Waals surface area (Å²) in [5.41, 5.74) is 1.70. The van der Waals surface area contributed by atoms with Crippen LogP contribution in [0.15, 0.2) is 24.5 Å². The first-order valence-electron chi connectivity index (χ1n) is 12.6. The van der Waals surface area contributed by atoms with E-state index in [0.717, 1.165) is 62.3 Å². The van der Waals surface area contributed by atoms with Crippen LogP contribution in [0.3, 0.4) is 0 Å². The van der Waals surface area contributed by atoms with Crippen LogP contribution in [-0.2, 0) is 4.74 Å². The molecule has 3 saturated heterocycles. The molecule has 1 aromatic carbocycles. The molecule has 1 unspecified atom stereocenters. The van der Waals surface area contributed by atoms with E-state index in [-0.39, 0.29) is 0 Å². The molecular weight excluding hydrogens is 520 g/mol. The SMILES string of the molecule is CC1(O)CCN(c2cc3nc(Nc4cn[nH]c4Cl)ncc3cc2Cl)CC1.FC1CCCN(C2COC2)C1. The summed E-state index contributed by atoms with van der Waals surface area (Å²) in [6.45, 7) is 6.69. The van der Waals surface area contributed by atoms with E-state index < -0.39 is 11.8 Å². The van der Waals surface area contributed by atoms with E-state index in [4.69, 9.17) is 27.9 Å². The van der Waals surface area contributed by atoms with Crippen LogP contribution in [0.25, 0.3) is 10.9 Å². The minimum Gasteiger partial charge on any atom is -0.390 e. The number of rotatable bonds is 4. The first-order chi connectivity index (χ1) is 17.8. The summed E-state index contributed by atoms with van der Waals surface area (Å²) in [5, 5.41) is 21.6. The fourth-order valence-corrected chi connectivity index (χ4v) is 5.21. The van der Waals surface area contributed by atoms with E-state index in [1.165, 1.54) is 0 Å². The van der Waals surface area contributed by atoms with E-state index in [0.29, 0.717) is 47.2 Å². The van der Waals surface area contributed by atoms with Gasteiger partial charge in [-0.2, -0.15) is 5.10 Å². The average Bonchev–Trinajstić information content (AvgIpc) is 3.23. The monoisotopic (exact) mass is 551 g/mol. The number of halogens is 3. The van der Waals surface area contributed by atoms with E-state index in [9.17, 15) is 9.50 Å². The van der Waals surface area contributed by atoms with Gasteiger partial charge >= 0.3 is 0 Å². The predicted octanol–water partition coefficient (Wildman–Crippen LogP) is 4.57. The first kappa shape index (κ1) is 26.4. The molecular formula is C25H32Cl2FN7O2. The maximum atomic E-state index is 12.9. The average molecular weight is 552 g/mol. The molecule has 5 heterocycles. The van der Waals surface area contributed by atoms with Gasteiger partial charge in [0.15, 0.2) is 0 Å². The van der Waals surface area contributed by atoms with Crippen molar-refractivity contribution < 1.29 is 14.2 Å². The van der Waals surface area contributed by atoms with Gasteiger partial charge in [0, 0.05) is 31.2 Å². The van der Waals surface area contributed by atoms with Crippen molar-refractivity contribution in [1.29, 1.82) is 0 Å². The van der Waals surface area contributed by atoms with Crippen molar-refractivity contribution >= 4 is 51.4 Å². The molecule has 12 heteroatoms. The van der Waals surface area contributed by atoms with E-state index in [1.807, 2.05) is 19.1 Å². The smallest absolute Gasteiger partial charge is 0.227 e. The lowest BCUT2D eigenvalue weighted by Gasteiger charge is -2.40. The van der Waals surface area contributed by atoms with Gasteiger partial charge in [-0.1, -0.05) is 23.2 Å². The summed E-state index contributed by atoms with van der Waals surface area (Å²) < 4.78 is 17.9. The number of aliphatic hydroxyl groups is 1. The van der Waals surface area contributed by atoms with Crippen LogP contribution in [0.1, 0.15) is 32.6 Å². The van der Waals surface area contributed by atoms with Gasteiger partial charge in [-0.25, -0.2) is 14.4 Å². The van der Waals surface area contributed by atoms with Crippen LogP contribution in [0.4, 0.5) is 21.7 Å². The highest BCUT2D eigenvalue weighted by Crippen LogP contribution is 2.34. The number of aromatic nitrogens is 4.